The summed E-state index contributed by atoms with van der Waals surface area (Å²) in [5.74, 6) is 1.23. The maximum Gasteiger partial charge on any atom is 0.219 e. The SMILES string of the molecule is NCc1cccc(Oc2ccc(Cl)cn2)c1. The average Bonchev–Trinajstić information content (AvgIpc) is 2.32. The number of ether oxygens (including phenoxy) is 1. The summed E-state index contributed by atoms with van der Waals surface area (Å²) in [6.07, 6.45) is 1.55. The van der Waals surface area contributed by atoms with Crippen molar-refractivity contribution in [2.24, 2.45) is 5.73 Å². The van der Waals surface area contributed by atoms with Gasteiger partial charge in [-0.1, -0.05) is 23.7 Å². The van der Waals surface area contributed by atoms with Crippen molar-refractivity contribution in [1.29, 1.82) is 0 Å². The van der Waals surface area contributed by atoms with Gasteiger partial charge in [0.15, 0.2) is 0 Å². The summed E-state index contributed by atoms with van der Waals surface area (Å²) < 4.78 is 5.55. The molecule has 16 heavy (non-hydrogen) atoms. The third kappa shape index (κ3) is 2.72. The number of nitrogens with zero attached hydrogens (tertiary/aromatic N) is 1. The maximum atomic E-state index is 5.73. The molecule has 0 radical (unpaired) electrons. The molecular formula is C12H11ClN2O. The minimum absolute atomic E-state index is 0.491. The number of nitrogens with two attached hydrogens (primary N) is 1. The highest BCUT2D eigenvalue weighted by atomic mass is 35.5. The zero-order chi connectivity index (χ0) is 11.4. The van der Waals surface area contributed by atoms with Gasteiger partial charge in [-0.2, -0.15) is 0 Å². The Labute approximate surface area is 98.8 Å². The Kier molecular flexibility index (Phi) is 3.39. The van der Waals surface area contributed by atoms with Crippen molar-refractivity contribution in [2.45, 2.75) is 6.54 Å². The van der Waals surface area contributed by atoms with Crippen LogP contribution in [0.3, 0.4) is 0 Å². The van der Waals surface area contributed by atoms with E-state index < -0.39 is 0 Å². The summed E-state index contributed by atoms with van der Waals surface area (Å²) in [5.41, 5.74) is 6.56. The summed E-state index contributed by atoms with van der Waals surface area (Å²) in [6, 6.07) is 11.0. The van der Waals surface area contributed by atoms with E-state index in [0.717, 1.165) is 11.3 Å². The topological polar surface area (TPSA) is 48.1 Å². The monoisotopic (exact) mass is 234 g/mol. The minimum atomic E-state index is 0.491. The lowest BCUT2D eigenvalue weighted by atomic mass is 10.2. The first-order chi connectivity index (χ1) is 7.78. The van der Waals surface area contributed by atoms with Crippen molar-refractivity contribution in [1.82, 2.24) is 4.98 Å². The van der Waals surface area contributed by atoms with Crippen molar-refractivity contribution in [2.75, 3.05) is 0 Å². The standard InChI is InChI=1S/C12H11ClN2O/c13-10-4-5-12(15-8-10)16-11-3-1-2-9(6-11)7-14/h1-6,8H,7,14H2. The zero-order valence-electron chi connectivity index (χ0n) is 8.56. The van der Waals surface area contributed by atoms with E-state index in [4.69, 9.17) is 22.1 Å². The highest BCUT2D eigenvalue weighted by molar-refractivity contribution is 6.30. The van der Waals surface area contributed by atoms with Crippen LogP contribution in [0.1, 0.15) is 5.56 Å². The molecule has 2 aromatic rings. The molecule has 0 amide bonds. The molecule has 82 valence electrons. The molecule has 0 aliphatic carbocycles. The second-order valence-electron chi connectivity index (χ2n) is 3.27. The molecule has 1 aromatic carbocycles. The van der Waals surface area contributed by atoms with E-state index in [0.29, 0.717) is 17.4 Å². The van der Waals surface area contributed by atoms with Gasteiger partial charge >= 0.3 is 0 Å². The van der Waals surface area contributed by atoms with Crippen LogP contribution in [0.2, 0.25) is 5.02 Å². The number of rotatable bonds is 3. The third-order valence-electron chi connectivity index (χ3n) is 2.06. The first kappa shape index (κ1) is 10.9. The predicted octanol–water partition coefficient (Wildman–Crippen LogP) is 2.99. The number of halogens is 1. The van der Waals surface area contributed by atoms with Crippen LogP contribution < -0.4 is 10.5 Å². The number of benzene rings is 1. The summed E-state index contributed by atoms with van der Waals surface area (Å²) in [5, 5.41) is 0.586. The van der Waals surface area contributed by atoms with Crippen LogP contribution >= 0.6 is 11.6 Å². The van der Waals surface area contributed by atoms with Crippen LogP contribution in [-0.4, -0.2) is 4.98 Å². The van der Waals surface area contributed by atoms with Crippen LogP contribution in [-0.2, 0) is 6.54 Å². The van der Waals surface area contributed by atoms with Crippen LogP contribution in [0.15, 0.2) is 42.6 Å². The van der Waals surface area contributed by atoms with Gasteiger partial charge < -0.3 is 10.5 Å². The second kappa shape index (κ2) is 4.96. The fraction of sp³-hybridized carbons (Fsp3) is 0.0833. The van der Waals surface area contributed by atoms with Gasteiger partial charge in [-0.25, -0.2) is 4.98 Å². The molecule has 0 atom stereocenters. The Morgan fingerprint density at radius 3 is 2.81 bits per heavy atom. The van der Waals surface area contributed by atoms with Crippen LogP contribution in [0.4, 0.5) is 0 Å². The summed E-state index contributed by atoms with van der Waals surface area (Å²) >= 11 is 5.73. The predicted molar refractivity (Wildman–Crippen MR) is 63.7 cm³/mol. The summed E-state index contributed by atoms with van der Waals surface area (Å²) in [6.45, 7) is 0.491. The molecule has 2 N–H and O–H groups in total. The van der Waals surface area contributed by atoms with Crippen LogP contribution in [0.5, 0.6) is 11.6 Å². The minimum Gasteiger partial charge on any atom is -0.439 e. The number of pyridine rings is 1. The van der Waals surface area contributed by atoms with E-state index in [9.17, 15) is 0 Å². The molecule has 0 aliphatic rings. The van der Waals surface area contributed by atoms with E-state index in [2.05, 4.69) is 4.98 Å². The van der Waals surface area contributed by atoms with Crippen molar-refractivity contribution >= 4 is 11.6 Å². The summed E-state index contributed by atoms with van der Waals surface area (Å²) in [7, 11) is 0. The van der Waals surface area contributed by atoms with Gasteiger partial charge in [-0.15, -0.1) is 0 Å². The van der Waals surface area contributed by atoms with Gasteiger partial charge in [0, 0.05) is 18.8 Å². The second-order valence-corrected chi connectivity index (χ2v) is 3.70. The molecule has 3 nitrogen and oxygen atoms in total. The third-order valence-corrected chi connectivity index (χ3v) is 2.28. The quantitative estimate of drug-likeness (QED) is 0.888. The van der Waals surface area contributed by atoms with Crippen molar-refractivity contribution in [3.05, 3.63) is 53.2 Å². The number of hydrogen-bond acceptors (Lipinski definition) is 3. The maximum absolute atomic E-state index is 5.73. The number of hydrogen-bond donors (Lipinski definition) is 1. The van der Waals surface area contributed by atoms with Crippen LogP contribution in [0.25, 0.3) is 0 Å². The first-order valence-electron chi connectivity index (χ1n) is 4.86. The highest BCUT2D eigenvalue weighted by Crippen LogP contribution is 2.21. The van der Waals surface area contributed by atoms with Gasteiger partial charge in [0.05, 0.1) is 5.02 Å². The van der Waals surface area contributed by atoms with E-state index in [1.807, 2.05) is 24.3 Å². The molecule has 0 saturated heterocycles. The smallest absolute Gasteiger partial charge is 0.219 e. The van der Waals surface area contributed by atoms with Gasteiger partial charge in [-0.3, -0.25) is 0 Å². The van der Waals surface area contributed by atoms with Crippen molar-refractivity contribution < 1.29 is 4.74 Å². The molecule has 4 heteroatoms. The fourth-order valence-electron chi connectivity index (χ4n) is 1.28. The molecule has 0 unspecified atom stereocenters. The molecule has 0 spiro atoms. The van der Waals surface area contributed by atoms with Crippen molar-refractivity contribution in [3.63, 3.8) is 0 Å². The normalized spacial score (nSPS) is 10.1. The molecule has 0 aliphatic heterocycles. The molecule has 2 rings (SSSR count). The van der Waals surface area contributed by atoms with E-state index in [1.54, 1.807) is 18.3 Å². The molecule has 0 fully saturated rings. The largest absolute Gasteiger partial charge is 0.439 e. The number of aromatic nitrogens is 1. The van der Waals surface area contributed by atoms with Gasteiger partial charge in [-0.05, 0) is 23.8 Å². The molecule has 0 saturated carbocycles. The Morgan fingerprint density at radius 2 is 2.12 bits per heavy atom. The Morgan fingerprint density at radius 1 is 1.25 bits per heavy atom. The summed E-state index contributed by atoms with van der Waals surface area (Å²) in [4.78, 5) is 4.04. The molecule has 0 bridgehead atoms. The average molecular weight is 235 g/mol. The Hall–Kier alpha value is -1.58. The van der Waals surface area contributed by atoms with Crippen LogP contribution in [0, 0.1) is 0 Å². The molecule has 1 heterocycles. The van der Waals surface area contributed by atoms with E-state index >= 15 is 0 Å². The molecular weight excluding hydrogens is 224 g/mol. The van der Waals surface area contributed by atoms with Gasteiger partial charge in [0.2, 0.25) is 5.88 Å². The lowest BCUT2D eigenvalue weighted by molar-refractivity contribution is 0.462. The van der Waals surface area contributed by atoms with Crippen molar-refractivity contribution in [3.8, 4) is 11.6 Å². The zero-order valence-corrected chi connectivity index (χ0v) is 9.32. The highest BCUT2D eigenvalue weighted by Gasteiger charge is 1.99. The lowest BCUT2D eigenvalue weighted by Gasteiger charge is -2.05. The lowest BCUT2D eigenvalue weighted by Crippen LogP contribution is -1.96. The van der Waals surface area contributed by atoms with E-state index in [-0.39, 0.29) is 0 Å². The fourth-order valence-corrected chi connectivity index (χ4v) is 1.39. The Bertz CT molecular complexity index is 471. The first-order valence-corrected chi connectivity index (χ1v) is 5.24. The van der Waals surface area contributed by atoms with Gasteiger partial charge in [0.1, 0.15) is 5.75 Å². The Balaban J connectivity index is 2.16. The molecule has 1 aromatic heterocycles. The van der Waals surface area contributed by atoms with Gasteiger partial charge in [0.25, 0.3) is 0 Å². The van der Waals surface area contributed by atoms with E-state index in [1.165, 1.54) is 0 Å².